The zero-order chi connectivity index (χ0) is 23.4. The summed E-state index contributed by atoms with van der Waals surface area (Å²) in [5.41, 5.74) is 0.428. The summed E-state index contributed by atoms with van der Waals surface area (Å²) in [6.07, 6.45) is 3.37. The third kappa shape index (κ3) is 4.73. The fourth-order valence-electron chi connectivity index (χ4n) is 3.83. The number of nitrogens with one attached hydrogen (secondary N) is 1. The van der Waals surface area contributed by atoms with Crippen molar-refractivity contribution < 1.29 is 19.2 Å². The van der Waals surface area contributed by atoms with Crippen LogP contribution in [-0.2, 0) is 14.3 Å². The number of amides is 1. The smallest absolute Gasteiger partial charge is 0.321 e. The van der Waals surface area contributed by atoms with Crippen LogP contribution >= 0.6 is 0 Å². The van der Waals surface area contributed by atoms with Gasteiger partial charge in [0.15, 0.2) is 5.92 Å². The third-order valence-electron chi connectivity index (χ3n) is 5.49. The number of carbonyl (C=O) groups excluding carboxylic acids is 2. The molecule has 1 N–H and O–H groups in total. The van der Waals surface area contributed by atoms with Crippen molar-refractivity contribution >= 4 is 29.5 Å². The van der Waals surface area contributed by atoms with Crippen LogP contribution in [0.2, 0.25) is 0 Å². The van der Waals surface area contributed by atoms with E-state index >= 15 is 0 Å². The number of nitro groups is 1. The summed E-state index contributed by atoms with van der Waals surface area (Å²) < 4.78 is 5.10. The molecule has 0 spiro atoms. The van der Waals surface area contributed by atoms with Crippen LogP contribution in [0.5, 0.6) is 0 Å². The van der Waals surface area contributed by atoms with Crippen LogP contribution in [0.25, 0.3) is 0 Å². The van der Waals surface area contributed by atoms with Crippen molar-refractivity contribution in [2.75, 3.05) is 37.7 Å². The summed E-state index contributed by atoms with van der Waals surface area (Å²) >= 11 is 0. The van der Waals surface area contributed by atoms with E-state index in [9.17, 15) is 19.7 Å². The molecule has 2 aliphatic rings. The molecular weight excluding hydrogens is 430 g/mol. The minimum absolute atomic E-state index is 0.0878. The quantitative estimate of drug-likeness (QED) is 0.302. The predicted octanol–water partition coefficient (Wildman–Crippen LogP) is 0.913. The molecule has 0 saturated carbocycles. The van der Waals surface area contributed by atoms with Crippen molar-refractivity contribution in [2.45, 2.75) is 13.0 Å². The molecule has 0 radical (unpaired) electrons. The van der Waals surface area contributed by atoms with E-state index in [1.807, 2.05) is 9.80 Å². The fourth-order valence-corrected chi connectivity index (χ4v) is 3.83. The standard InChI is InChI=1S/C21H23N7O5/c1-2-33-19(30)16-17(14-4-6-15(7-5-14)28(31)32)24-21(25-18(16)29)27-12-10-26(11-13-27)20-22-8-3-9-23-20/h3-9,16-17H,2,10-13H2,1H3,(H,24,25,29)/t16-,17-/m0/s1. The number of hydrogen-bond donors (Lipinski definition) is 1. The highest BCUT2D eigenvalue weighted by Crippen LogP contribution is 2.32. The molecule has 2 aliphatic heterocycles. The highest BCUT2D eigenvalue weighted by atomic mass is 16.6. The monoisotopic (exact) mass is 453 g/mol. The molecule has 1 amide bonds. The van der Waals surface area contributed by atoms with Crippen LogP contribution in [0, 0.1) is 16.0 Å². The van der Waals surface area contributed by atoms with Gasteiger partial charge in [-0.3, -0.25) is 25.0 Å². The minimum Gasteiger partial charge on any atom is -0.465 e. The first-order chi connectivity index (χ1) is 16.0. The predicted molar refractivity (Wildman–Crippen MR) is 117 cm³/mol. The van der Waals surface area contributed by atoms with Crippen molar-refractivity contribution in [1.82, 2.24) is 20.2 Å². The van der Waals surface area contributed by atoms with Gasteiger partial charge in [-0.1, -0.05) is 12.1 Å². The number of piperazine rings is 1. The lowest BCUT2D eigenvalue weighted by molar-refractivity contribution is -0.384. The average Bonchev–Trinajstić information content (AvgIpc) is 2.84. The van der Waals surface area contributed by atoms with Gasteiger partial charge >= 0.3 is 5.97 Å². The molecule has 2 atom stereocenters. The Morgan fingerprint density at radius 1 is 1.15 bits per heavy atom. The molecule has 12 nitrogen and oxygen atoms in total. The first-order valence-electron chi connectivity index (χ1n) is 10.5. The number of nitro benzene ring substituents is 1. The largest absolute Gasteiger partial charge is 0.465 e. The molecule has 3 heterocycles. The van der Waals surface area contributed by atoms with Gasteiger partial charge in [-0.2, -0.15) is 0 Å². The van der Waals surface area contributed by atoms with Gasteiger partial charge in [0.05, 0.1) is 11.5 Å². The van der Waals surface area contributed by atoms with E-state index in [4.69, 9.17) is 4.74 Å². The molecule has 172 valence electrons. The average molecular weight is 453 g/mol. The second kappa shape index (κ2) is 9.59. The maximum atomic E-state index is 13.0. The highest BCUT2D eigenvalue weighted by Gasteiger charge is 2.42. The number of aliphatic imine (C=N–C) groups is 1. The molecule has 33 heavy (non-hydrogen) atoms. The Bertz CT molecular complexity index is 1050. The number of rotatable bonds is 5. The van der Waals surface area contributed by atoms with E-state index in [0.29, 0.717) is 43.7 Å². The van der Waals surface area contributed by atoms with E-state index < -0.39 is 28.8 Å². The van der Waals surface area contributed by atoms with Gasteiger partial charge in [-0.05, 0) is 18.6 Å². The maximum absolute atomic E-state index is 13.0. The number of ether oxygens (including phenoxy) is 1. The van der Waals surface area contributed by atoms with Gasteiger partial charge in [0.2, 0.25) is 17.8 Å². The first-order valence-corrected chi connectivity index (χ1v) is 10.5. The molecule has 1 aromatic heterocycles. The first kappa shape index (κ1) is 22.1. The molecule has 1 aromatic carbocycles. The summed E-state index contributed by atoms with van der Waals surface area (Å²) in [5.74, 6) is -1.40. The molecule has 0 aliphatic carbocycles. The summed E-state index contributed by atoms with van der Waals surface area (Å²) in [6.45, 7) is 4.16. The van der Waals surface area contributed by atoms with Gasteiger partial charge in [0.1, 0.15) is 6.04 Å². The Labute approximate surface area is 189 Å². The van der Waals surface area contributed by atoms with E-state index in [1.165, 1.54) is 24.3 Å². The molecule has 1 saturated heterocycles. The molecule has 1 fully saturated rings. The van der Waals surface area contributed by atoms with Crippen molar-refractivity contribution in [3.63, 3.8) is 0 Å². The van der Waals surface area contributed by atoms with Gasteiger partial charge in [0, 0.05) is 50.7 Å². The Hall–Kier alpha value is -4.09. The molecule has 4 rings (SSSR count). The van der Waals surface area contributed by atoms with E-state index in [1.54, 1.807) is 25.4 Å². The molecule has 0 unspecified atom stereocenters. The third-order valence-corrected chi connectivity index (χ3v) is 5.49. The molecular formula is C21H23N7O5. The van der Waals surface area contributed by atoms with Crippen LogP contribution in [0.4, 0.5) is 11.6 Å². The van der Waals surface area contributed by atoms with Crippen molar-refractivity contribution in [1.29, 1.82) is 0 Å². The van der Waals surface area contributed by atoms with E-state index in [0.717, 1.165) is 0 Å². The Morgan fingerprint density at radius 3 is 2.39 bits per heavy atom. The minimum atomic E-state index is -1.19. The lowest BCUT2D eigenvalue weighted by Crippen LogP contribution is -2.57. The van der Waals surface area contributed by atoms with Crippen molar-refractivity contribution in [2.24, 2.45) is 10.9 Å². The number of hydrogen-bond acceptors (Lipinski definition) is 10. The molecule has 12 heteroatoms. The van der Waals surface area contributed by atoms with Crippen molar-refractivity contribution in [3.8, 4) is 0 Å². The Kier molecular flexibility index (Phi) is 6.43. The second-order valence-corrected chi connectivity index (χ2v) is 7.49. The van der Waals surface area contributed by atoms with Gasteiger partial charge in [-0.15, -0.1) is 0 Å². The molecule has 2 aromatic rings. The number of anilines is 1. The van der Waals surface area contributed by atoms with Crippen LogP contribution in [0.15, 0.2) is 47.7 Å². The number of benzene rings is 1. The summed E-state index contributed by atoms with van der Waals surface area (Å²) in [6, 6.07) is 6.59. The molecule has 0 bridgehead atoms. The van der Waals surface area contributed by atoms with Crippen molar-refractivity contribution in [3.05, 3.63) is 58.4 Å². The number of carbonyl (C=O) groups is 2. The second-order valence-electron chi connectivity index (χ2n) is 7.49. The highest BCUT2D eigenvalue weighted by molar-refractivity contribution is 6.08. The van der Waals surface area contributed by atoms with Crippen LogP contribution in [0.3, 0.4) is 0 Å². The number of aromatic nitrogens is 2. The summed E-state index contributed by atoms with van der Waals surface area (Å²) in [7, 11) is 0. The van der Waals surface area contributed by atoms with E-state index in [2.05, 4.69) is 20.3 Å². The maximum Gasteiger partial charge on any atom is 0.321 e. The number of non-ortho nitro benzene ring substituents is 1. The number of nitrogens with zero attached hydrogens (tertiary/aromatic N) is 6. The van der Waals surface area contributed by atoms with Crippen LogP contribution in [-0.4, -0.2) is 70.4 Å². The fraction of sp³-hybridized carbons (Fsp3) is 0.381. The van der Waals surface area contributed by atoms with Crippen LogP contribution in [0.1, 0.15) is 18.5 Å². The topological polar surface area (TPSA) is 143 Å². The lowest BCUT2D eigenvalue weighted by atomic mass is 9.91. The lowest BCUT2D eigenvalue weighted by Gasteiger charge is -2.38. The Morgan fingerprint density at radius 2 is 1.79 bits per heavy atom. The Balaban J connectivity index is 1.58. The van der Waals surface area contributed by atoms with Gasteiger partial charge in [-0.25, -0.2) is 15.0 Å². The summed E-state index contributed by atoms with van der Waals surface area (Å²) in [4.78, 5) is 53.2. The number of guanidine groups is 1. The van der Waals surface area contributed by atoms with Crippen LogP contribution < -0.4 is 10.2 Å². The van der Waals surface area contributed by atoms with Gasteiger partial charge in [0.25, 0.3) is 5.69 Å². The summed E-state index contributed by atoms with van der Waals surface area (Å²) in [5, 5.41) is 13.7. The number of esters is 1. The normalized spacial score (nSPS) is 20.6. The SMILES string of the molecule is CCOC(=O)[C@@H]1C(=O)NC(N2CCN(c3ncccn3)CC2)=N[C@H]1c1ccc([N+](=O)[O-])cc1. The van der Waals surface area contributed by atoms with Gasteiger partial charge < -0.3 is 14.5 Å². The van der Waals surface area contributed by atoms with E-state index in [-0.39, 0.29) is 12.3 Å². The zero-order valence-electron chi connectivity index (χ0n) is 18.0. The zero-order valence-corrected chi connectivity index (χ0v) is 18.0.